The molecule has 3 aromatic rings. The molecule has 20 heavy (non-hydrogen) atoms. The maximum absolute atomic E-state index is 12.0. The number of H-pyrrole nitrogens is 1. The van der Waals surface area contributed by atoms with Crippen molar-refractivity contribution in [3.05, 3.63) is 59.1 Å². The lowest BCUT2D eigenvalue weighted by molar-refractivity contribution is 0.0995. The first kappa shape index (κ1) is 12.7. The molecule has 0 fully saturated rings. The summed E-state index contributed by atoms with van der Waals surface area (Å²) in [5.41, 5.74) is 2.53. The van der Waals surface area contributed by atoms with Crippen LogP contribution in [0, 0.1) is 0 Å². The summed E-state index contributed by atoms with van der Waals surface area (Å²) in [7, 11) is 0. The maximum Gasteiger partial charge on any atom is 0.291 e. The zero-order valence-electron chi connectivity index (χ0n) is 10.3. The van der Waals surface area contributed by atoms with Crippen LogP contribution in [-0.4, -0.2) is 16.1 Å². The Morgan fingerprint density at radius 2 is 2.15 bits per heavy atom. The van der Waals surface area contributed by atoms with E-state index in [1.54, 1.807) is 18.3 Å². The standard InChI is InChI=1S/C14H10BrN3O2/c15-13-5-4-12(20-13)14(19)17-10-3-1-2-9(8-10)11-6-7-16-18-11/h1-8H,(H,16,18)(H,17,19). The third-order valence-corrected chi connectivity index (χ3v) is 3.16. The molecule has 2 aromatic heterocycles. The average Bonchev–Trinajstić information content (AvgIpc) is 3.10. The second kappa shape index (κ2) is 5.34. The van der Waals surface area contributed by atoms with Crippen LogP contribution in [0.2, 0.25) is 0 Å². The van der Waals surface area contributed by atoms with Crippen molar-refractivity contribution in [3.63, 3.8) is 0 Å². The van der Waals surface area contributed by atoms with Crippen molar-refractivity contribution in [1.29, 1.82) is 0 Å². The van der Waals surface area contributed by atoms with E-state index in [0.29, 0.717) is 10.4 Å². The Morgan fingerprint density at radius 1 is 1.25 bits per heavy atom. The molecule has 0 saturated carbocycles. The van der Waals surface area contributed by atoms with Gasteiger partial charge in [0.1, 0.15) is 0 Å². The van der Waals surface area contributed by atoms with Crippen LogP contribution in [0.1, 0.15) is 10.6 Å². The van der Waals surface area contributed by atoms with Gasteiger partial charge < -0.3 is 9.73 Å². The van der Waals surface area contributed by atoms with Gasteiger partial charge in [0, 0.05) is 17.4 Å². The second-order valence-corrected chi connectivity index (χ2v) is 4.89. The van der Waals surface area contributed by atoms with Gasteiger partial charge in [-0.25, -0.2) is 0 Å². The topological polar surface area (TPSA) is 70.9 Å². The van der Waals surface area contributed by atoms with E-state index in [-0.39, 0.29) is 11.7 Å². The monoisotopic (exact) mass is 331 g/mol. The molecular weight excluding hydrogens is 322 g/mol. The molecule has 6 heteroatoms. The summed E-state index contributed by atoms with van der Waals surface area (Å²) in [6.07, 6.45) is 1.68. The van der Waals surface area contributed by atoms with Crippen molar-refractivity contribution in [2.24, 2.45) is 0 Å². The molecule has 0 aliphatic rings. The Kier molecular flexibility index (Phi) is 3.39. The highest BCUT2D eigenvalue weighted by molar-refractivity contribution is 9.10. The zero-order valence-corrected chi connectivity index (χ0v) is 11.8. The predicted molar refractivity (Wildman–Crippen MR) is 78.4 cm³/mol. The van der Waals surface area contributed by atoms with Crippen molar-refractivity contribution < 1.29 is 9.21 Å². The molecule has 1 aromatic carbocycles. The van der Waals surface area contributed by atoms with Gasteiger partial charge in [-0.15, -0.1) is 0 Å². The minimum Gasteiger partial charge on any atom is -0.444 e. The second-order valence-electron chi connectivity index (χ2n) is 4.11. The fraction of sp³-hybridized carbons (Fsp3) is 0. The van der Waals surface area contributed by atoms with E-state index in [2.05, 4.69) is 31.4 Å². The van der Waals surface area contributed by atoms with Crippen LogP contribution in [0.5, 0.6) is 0 Å². The first-order valence-corrected chi connectivity index (χ1v) is 6.68. The average molecular weight is 332 g/mol. The Hall–Kier alpha value is -2.34. The molecule has 0 aliphatic heterocycles. The van der Waals surface area contributed by atoms with Gasteiger partial charge >= 0.3 is 0 Å². The molecule has 0 bridgehead atoms. The zero-order chi connectivity index (χ0) is 13.9. The number of carbonyl (C=O) groups is 1. The van der Waals surface area contributed by atoms with Crippen LogP contribution in [0.4, 0.5) is 5.69 Å². The number of hydrogen-bond donors (Lipinski definition) is 2. The number of hydrogen-bond acceptors (Lipinski definition) is 3. The Labute approximate surface area is 123 Å². The Morgan fingerprint density at radius 3 is 2.85 bits per heavy atom. The number of carbonyl (C=O) groups excluding carboxylic acids is 1. The van der Waals surface area contributed by atoms with E-state index in [9.17, 15) is 4.79 Å². The molecule has 100 valence electrons. The third-order valence-electron chi connectivity index (χ3n) is 2.73. The van der Waals surface area contributed by atoms with E-state index >= 15 is 0 Å². The van der Waals surface area contributed by atoms with Gasteiger partial charge in [0.25, 0.3) is 5.91 Å². The van der Waals surface area contributed by atoms with Crippen molar-refractivity contribution in [2.75, 3.05) is 5.32 Å². The summed E-state index contributed by atoms with van der Waals surface area (Å²) in [6.45, 7) is 0. The smallest absolute Gasteiger partial charge is 0.291 e. The number of halogens is 1. The Bertz CT molecular complexity index is 734. The van der Waals surface area contributed by atoms with Gasteiger partial charge in [0.15, 0.2) is 10.4 Å². The first-order valence-electron chi connectivity index (χ1n) is 5.89. The van der Waals surface area contributed by atoms with E-state index in [0.717, 1.165) is 11.3 Å². The van der Waals surface area contributed by atoms with Gasteiger partial charge in [0.2, 0.25) is 0 Å². The number of aromatic amines is 1. The van der Waals surface area contributed by atoms with Crippen molar-refractivity contribution in [3.8, 4) is 11.3 Å². The molecule has 0 atom stereocenters. The molecule has 5 nitrogen and oxygen atoms in total. The van der Waals surface area contributed by atoms with Crippen LogP contribution < -0.4 is 5.32 Å². The highest BCUT2D eigenvalue weighted by Crippen LogP contribution is 2.21. The number of rotatable bonds is 3. The maximum atomic E-state index is 12.0. The molecule has 0 saturated heterocycles. The number of anilines is 1. The number of furan rings is 1. The normalized spacial score (nSPS) is 10.4. The van der Waals surface area contributed by atoms with Crippen LogP contribution in [-0.2, 0) is 0 Å². The van der Waals surface area contributed by atoms with Crippen LogP contribution in [0.25, 0.3) is 11.3 Å². The van der Waals surface area contributed by atoms with Crippen molar-refractivity contribution >= 4 is 27.5 Å². The SMILES string of the molecule is O=C(Nc1cccc(-c2ccn[nH]2)c1)c1ccc(Br)o1. The number of nitrogens with one attached hydrogen (secondary N) is 2. The molecule has 1 amide bonds. The highest BCUT2D eigenvalue weighted by Gasteiger charge is 2.11. The van der Waals surface area contributed by atoms with Gasteiger partial charge in [-0.1, -0.05) is 12.1 Å². The quantitative estimate of drug-likeness (QED) is 0.768. The molecule has 2 N–H and O–H groups in total. The fourth-order valence-corrected chi connectivity index (χ4v) is 2.12. The van der Waals surface area contributed by atoms with Gasteiger partial charge in [-0.3, -0.25) is 9.89 Å². The van der Waals surface area contributed by atoms with Crippen LogP contribution in [0.3, 0.4) is 0 Å². The third kappa shape index (κ3) is 2.65. The summed E-state index contributed by atoms with van der Waals surface area (Å²) in [5.74, 6) is -0.0405. The lowest BCUT2D eigenvalue weighted by Crippen LogP contribution is -2.10. The summed E-state index contributed by atoms with van der Waals surface area (Å²) in [4.78, 5) is 12.0. The summed E-state index contributed by atoms with van der Waals surface area (Å²) in [5, 5.41) is 9.57. The molecule has 0 radical (unpaired) electrons. The molecule has 3 rings (SSSR count). The first-order chi connectivity index (χ1) is 9.72. The van der Waals surface area contributed by atoms with Crippen molar-refractivity contribution in [2.45, 2.75) is 0 Å². The highest BCUT2D eigenvalue weighted by atomic mass is 79.9. The molecule has 0 unspecified atom stereocenters. The number of amides is 1. The minimum atomic E-state index is -0.294. The summed E-state index contributed by atoms with van der Waals surface area (Å²) in [6, 6.07) is 12.6. The summed E-state index contributed by atoms with van der Waals surface area (Å²) < 4.78 is 5.73. The Balaban J connectivity index is 1.81. The van der Waals surface area contributed by atoms with E-state index < -0.39 is 0 Å². The lowest BCUT2D eigenvalue weighted by Gasteiger charge is -2.05. The number of aromatic nitrogens is 2. The van der Waals surface area contributed by atoms with E-state index in [1.807, 2.05) is 30.3 Å². The van der Waals surface area contributed by atoms with Gasteiger partial charge in [-0.05, 0) is 46.3 Å². The number of nitrogens with zero attached hydrogens (tertiary/aromatic N) is 1. The predicted octanol–water partition coefficient (Wildman–Crippen LogP) is 3.68. The van der Waals surface area contributed by atoms with Gasteiger partial charge in [-0.2, -0.15) is 5.10 Å². The minimum absolute atomic E-state index is 0.254. The molecule has 2 heterocycles. The largest absolute Gasteiger partial charge is 0.444 e. The molecule has 0 aliphatic carbocycles. The fourth-order valence-electron chi connectivity index (χ4n) is 1.81. The summed E-state index contributed by atoms with van der Waals surface area (Å²) >= 11 is 3.17. The van der Waals surface area contributed by atoms with E-state index in [1.165, 1.54) is 0 Å². The lowest BCUT2D eigenvalue weighted by atomic mass is 10.1. The molecule has 0 spiro atoms. The van der Waals surface area contributed by atoms with Crippen molar-refractivity contribution in [1.82, 2.24) is 10.2 Å². The van der Waals surface area contributed by atoms with Crippen LogP contribution >= 0.6 is 15.9 Å². The van der Waals surface area contributed by atoms with Crippen LogP contribution in [0.15, 0.2) is 57.7 Å². The molecular formula is C14H10BrN3O2. The number of benzene rings is 1. The van der Waals surface area contributed by atoms with E-state index in [4.69, 9.17) is 4.42 Å². The van der Waals surface area contributed by atoms with Gasteiger partial charge in [0.05, 0.1) is 5.69 Å².